The lowest BCUT2D eigenvalue weighted by atomic mass is 9.94. The third kappa shape index (κ3) is 5.41. The van der Waals surface area contributed by atoms with Gasteiger partial charge in [-0.15, -0.1) is 0 Å². The van der Waals surface area contributed by atoms with Gasteiger partial charge in [-0.05, 0) is 38.3 Å². The molecule has 0 radical (unpaired) electrons. The molecule has 0 saturated heterocycles. The summed E-state index contributed by atoms with van der Waals surface area (Å²) in [4.78, 5) is 20.5. The summed E-state index contributed by atoms with van der Waals surface area (Å²) in [7, 11) is -3.42. The SMILES string of the molecule is C=C(C)S(=O)(=O)Cc1ccccc1Nc1nc(NC2CCC(=O)CC2)ncc1C. The number of carbonyl (C=O) groups excluding carboxylic acids is 1. The zero-order valence-electron chi connectivity index (χ0n) is 16.7. The second-order valence-electron chi connectivity index (χ2n) is 7.43. The number of hydrogen-bond acceptors (Lipinski definition) is 7. The number of aromatic nitrogens is 2. The van der Waals surface area contributed by atoms with Gasteiger partial charge in [0.1, 0.15) is 11.6 Å². The third-order valence-electron chi connectivity index (χ3n) is 5.00. The maximum atomic E-state index is 12.3. The van der Waals surface area contributed by atoms with E-state index < -0.39 is 9.84 Å². The van der Waals surface area contributed by atoms with E-state index in [1.165, 1.54) is 6.92 Å². The second-order valence-corrected chi connectivity index (χ2v) is 9.64. The van der Waals surface area contributed by atoms with E-state index in [0.717, 1.165) is 18.4 Å². The molecule has 1 aliphatic rings. The number of rotatable bonds is 7. The third-order valence-corrected chi connectivity index (χ3v) is 6.75. The van der Waals surface area contributed by atoms with Crippen LogP contribution in [0.15, 0.2) is 41.9 Å². The number of ketones is 1. The van der Waals surface area contributed by atoms with Crippen LogP contribution in [0.1, 0.15) is 43.7 Å². The molecule has 2 aromatic rings. The van der Waals surface area contributed by atoms with Crippen LogP contribution in [-0.4, -0.2) is 30.2 Å². The summed E-state index contributed by atoms with van der Waals surface area (Å²) >= 11 is 0. The fraction of sp³-hybridized carbons (Fsp3) is 0.381. The lowest BCUT2D eigenvalue weighted by Gasteiger charge is -2.22. The van der Waals surface area contributed by atoms with Crippen molar-refractivity contribution >= 4 is 33.1 Å². The Hall–Kier alpha value is -2.74. The van der Waals surface area contributed by atoms with Gasteiger partial charge in [0.2, 0.25) is 5.95 Å². The number of benzene rings is 1. The molecule has 0 atom stereocenters. The van der Waals surface area contributed by atoms with Gasteiger partial charge in [-0.1, -0.05) is 24.8 Å². The number of carbonyl (C=O) groups is 1. The molecule has 29 heavy (non-hydrogen) atoms. The molecule has 1 saturated carbocycles. The van der Waals surface area contributed by atoms with Crippen molar-refractivity contribution in [2.75, 3.05) is 10.6 Å². The Kier molecular flexibility index (Phi) is 6.32. The summed E-state index contributed by atoms with van der Waals surface area (Å²) in [6, 6.07) is 7.42. The Morgan fingerprint density at radius 1 is 1.24 bits per heavy atom. The number of anilines is 3. The van der Waals surface area contributed by atoms with Gasteiger partial charge in [0.25, 0.3) is 0 Å². The first-order valence-corrected chi connectivity index (χ1v) is 11.2. The Morgan fingerprint density at radius 2 is 1.93 bits per heavy atom. The van der Waals surface area contributed by atoms with Crippen LogP contribution in [0.25, 0.3) is 0 Å². The average Bonchev–Trinajstić information content (AvgIpc) is 2.67. The number of hydrogen-bond donors (Lipinski definition) is 2. The average molecular weight is 415 g/mol. The fourth-order valence-corrected chi connectivity index (χ4v) is 4.04. The monoisotopic (exact) mass is 414 g/mol. The molecular weight excluding hydrogens is 388 g/mol. The maximum Gasteiger partial charge on any atom is 0.224 e. The van der Waals surface area contributed by atoms with Gasteiger partial charge < -0.3 is 10.6 Å². The van der Waals surface area contributed by atoms with Crippen LogP contribution in [-0.2, 0) is 20.4 Å². The van der Waals surface area contributed by atoms with Crippen LogP contribution in [0.5, 0.6) is 0 Å². The van der Waals surface area contributed by atoms with Crippen LogP contribution in [0.2, 0.25) is 0 Å². The molecule has 1 fully saturated rings. The Balaban J connectivity index is 1.80. The van der Waals surface area contributed by atoms with Crippen molar-refractivity contribution in [1.82, 2.24) is 9.97 Å². The first-order valence-electron chi connectivity index (χ1n) is 9.59. The highest BCUT2D eigenvalue weighted by Gasteiger charge is 2.20. The quantitative estimate of drug-likeness (QED) is 0.708. The van der Waals surface area contributed by atoms with Gasteiger partial charge in [0.15, 0.2) is 9.84 Å². The predicted molar refractivity (Wildman–Crippen MR) is 115 cm³/mol. The van der Waals surface area contributed by atoms with Crippen molar-refractivity contribution in [3.63, 3.8) is 0 Å². The normalized spacial score (nSPS) is 15.2. The number of allylic oxidation sites excluding steroid dienone is 1. The summed E-state index contributed by atoms with van der Waals surface area (Å²) < 4.78 is 24.6. The van der Waals surface area contributed by atoms with E-state index in [9.17, 15) is 13.2 Å². The molecule has 7 nitrogen and oxygen atoms in total. The minimum atomic E-state index is -3.42. The summed E-state index contributed by atoms with van der Waals surface area (Å²) in [5, 5.41) is 6.55. The van der Waals surface area contributed by atoms with Crippen LogP contribution >= 0.6 is 0 Å². The summed E-state index contributed by atoms with van der Waals surface area (Å²) in [6.45, 7) is 6.95. The molecule has 1 heterocycles. The molecule has 0 aliphatic heterocycles. The molecule has 0 unspecified atom stereocenters. The highest BCUT2D eigenvalue weighted by Crippen LogP contribution is 2.26. The van der Waals surface area contributed by atoms with E-state index in [1.54, 1.807) is 18.3 Å². The minimum absolute atomic E-state index is 0.128. The number of Topliss-reactive ketones (excluding diaryl/α,β-unsaturated/α-hetero) is 1. The maximum absolute atomic E-state index is 12.3. The number of nitrogens with zero attached hydrogens (tertiary/aromatic N) is 2. The van der Waals surface area contributed by atoms with Crippen molar-refractivity contribution in [3.8, 4) is 0 Å². The molecule has 0 amide bonds. The standard InChI is InChI=1S/C21H26N4O3S/c1-14(2)29(27,28)13-16-6-4-5-7-19(16)24-20-15(3)12-22-21(25-20)23-17-8-10-18(26)11-9-17/h4-7,12,17H,1,8-11,13H2,2-3H3,(H2,22,23,24,25). The molecular formula is C21H26N4O3S. The zero-order valence-corrected chi connectivity index (χ0v) is 17.6. The molecule has 3 rings (SSSR count). The lowest BCUT2D eigenvalue weighted by Crippen LogP contribution is -2.27. The first kappa shape index (κ1) is 21.0. The van der Waals surface area contributed by atoms with Crippen molar-refractivity contribution in [2.45, 2.75) is 51.3 Å². The van der Waals surface area contributed by atoms with Crippen molar-refractivity contribution in [2.24, 2.45) is 0 Å². The highest BCUT2D eigenvalue weighted by molar-refractivity contribution is 7.94. The minimum Gasteiger partial charge on any atom is -0.351 e. The smallest absolute Gasteiger partial charge is 0.224 e. The van der Waals surface area contributed by atoms with Crippen molar-refractivity contribution in [1.29, 1.82) is 0 Å². The summed E-state index contributed by atoms with van der Waals surface area (Å²) in [6.07, 6.45) is 4.44. The Bertz CT molecular complexity index is 1020. The number of para-hydroxylation sites is 1. The van der Waals surface area contributed by atoms with E-state index in [0.29, 0.717) is 41.6 Å². The second kappa shape index (κ2) is 8.73. The van der Waals surface area contributed by atoms with E-state index in [-0.39, 0.29) is 16.7 Å². The van der Waals surface area contributed by atoms with Gasteiger partial charge in [-0.25, -0.2) is 13.4 Å². The summed E-state index contributed by atoms with van der Waals surface area (Å²) in [5.41, 5.74) is 2.16. The molecule has 1 aliphatic carbocycles. The Labute approximate surface area is 171 Å². The molecule has 154 valence electrons. The number of nitrogens with one attached hydrogen (secondary N) is 2. The number of sulfone groups is 1. The van der Waals surface area contributed by atoms with E-state index in [4.69, 9.17) is 0 Å². The summed E-state index contributed by atoms with van der Waals surface area (Å²) in [5.74, 6) is 1.27. The van der Waals surface area contributed by atoms with Gasteiger partial charge in [-0.3, -0.25) is 4.79 Å². The molecule has 1 aromatic heterocycles. The number of aryl methyl sites for hydroxylation is 1. The highest BCUT2D eigenvalue weighted by atomic mass is 32.2. The predicted octanol–water partition coefficient (Wildman–Crippen LogP) is 3.90. The van der Waals surface area contributed by atoms with Crippen LogP contribution in [0.3, 0.4) is 0 Å². The van der Waals surface area contributed by atoms with Crippen LogP contribution in [0.4, 0.5) is 17.5 Å². The van der Waals surface area contributed by atoms with Crippen molar-refractivity contribution in [3.05, 3.63) is 53.1 Å². The van der Waals surface area contributed by atoms with Gasteiger partial charge in [-0.2, -0.15) is 4.98 Å². The van der Waals surface area contributed by atoms with Gasteiger partial charge in [0, 0.05) is 41.2 Å². The largest absolute Gasteiger partial charge is 0.351 e. The molecule has 0 bridgehead atoms. The molecule has 2 N–H and O–H groups in total. The van der Waals surface area contributed by atoms with Gasteiger partial charge >= 0.3 is 0 Å². The first-order chi connectivity index (χ1) is 13.7. The van der Waals surface area contributed by atoms with Crippen LogP contribution in [0, 0.1) is 6.92 Å². The van der Waals surface area contributed by atoms with Crippen LogP contribution < -0.4 is 10.6 Å². The van der Waals surface area contributed by atoms with Gasteiger partial charge in [0.05, 0.1) is 5.75 Å². The van der Waals surface area contributed by atoms with E-state index in [2.05, 4.69) is 27.2 Å². The lowest BCUT2D eigenvalue weighted by molar-refractivity contribution is -0.120. The zero-order chi connectivity index (χ0) is 21.0. The molecule has 0 spiro atoms. The van der Waals surface area contributed by atoms with Crippen molar-refractivity contribution < 1.29 is 13.2 Å². The fourth-order valence-electron chi connectivity index (χ4n) is 3.13. The van der Waals surface area contributed by atoms with E-state index in [1.807, 2.05) is 19.1 Å². The van der Waals surface area contributed by atoms with E-state index >= 15 is 0 Å². The topological polar surface area (TPSA) is 101 Å². The Morgan fingerprint density at radius 3 is 2.62 bits per heavy atom. The molecule has 8 heteroatoms. The molecule has 1 aromatic carbocycles.